The Balaban J connectivity index is 1.41. The minimum atomic E-state index is -3.06. The van der Waals surface area contributed by atoms with Crippen LogP contribution < -0.4 is 14.8 Å². The Kier molecular flexibility index (Phi) is 5.51. The van der Waals surface area contributed by atoms with Gasteiger partial charge in [-0.05, 0) is 43.2 Å². The maximum atomic E-state index is 12.7. The number of nitrogens with zero attached hydrogens (tertiary/aromatic N) is 1. The average Bonchev–Trinajstić information content (AvgIpc) is 3.41. The average molecular weight is 420 g/mol. The maximum Gasteiger partial charge on any atom is 0.234 e. The Morgan fingerprint density at radius 1 is 1.28 bits per heavy atom. The van der Waals surface area contributed by atoms with Gasteiger partial charge in [0.1, 0.15) is 5.76 Å². The predicted octanol–water partition coefficient (Wildman–Crippen LogP) is 1.87. The van der Waals surface area contributed by atoms with Crippen LogP contribution in [-0.4, -0.2) is 50.1 Å². The molecule has 1 aromatic carbocycles. The number of sulfone groups is 1. The van der Waals surface area contributed by atoms with Crippen LogP contribution in [0.2, 0.25) is 0 Å². The molecule has 0 bridgehead atoms. The molecule has 0 unspecified atom stereocenters. The predicted molar refractivity (Wildman–Crippen MR) is 105 cm³/mol. The Morgan fingerprint density at radius 2 is 2.10 bits per heavy atom. The van der Waals surface area contributed by atoms with Crippen LogP contribution in [0.4, 0.5) is 0 Å². The number of benzene rings is 1. The van der Waals surface area contributed by atoms with E-state index in [1.54, 1.807) is 12.3 Å². The first-order valence-electron chi connectivity index (χ1n) is 9.55. The lowest BCUT2D eigenvalue weighted by Gasteiger charge is -2.27. The molecule has 0 spiro atoms. The summed E-state index contributed by atoms with van der Waals surface area (Å²) < 4.78 is 39.9. The number of nitrogens with one attached hydrogen (secondary N) is 1. The number of hydrogen-bond donors (Lipinski definition) is 1. The molecule has 2 atom stereocenters. The fourth-order valence-electron chi connectivity index (χ4n) is 3.72. The van der Waals surface area contributed by atoms with Crippen molar-refractivity contribution in [2.75, 3.05) is 24.8 Å². The minimum absolute atomic E-state index is 0.0682. The topological polar surface area (TPSA) is 98.1 Å². The lowest BCUT2D eigenvalue weighted by atomic mass is 10.1. The van der Waals surface area contributed by atoms with E-state index in [9.17, 15) is 13.2 Å². The molecule has 1 N–H and O–H groups in total. The summed E-state index contributed by atoms with van der Waals surface area (Å²) >= 11 is 0. The smallest absolute Gasteiger partial charge is 0.234 e. The molecule has 0 aliphatic carbocycles. The van der Waals surface area contributed by atoms with Gasteiger partial charge >= 0.3 is 0 Å². The van der Waals surface area contributed by atoms with E-state index >= 15 is 0 Å². The second-order valence-electron chi connectivity index (χ2n) is 7.44. The van der Waals surface area contributed by atoms with Crippen LogP contribution in [0, 0.1) is 0 Å². The lowest BCUT2D eigenvalue weighted by Crippen LogP contribution is -2.43. The number of hydrogen-bond acceptors (Lipinski definition) is 7. The largest absolute Gasteiger partial charge is 0.468 e. The summed E-state index contributed by atoms with van der Waals surface area (Å²) in [7, 11) is -3.06. The van der Waals surface area contributed by atoms with E-state index < -0.39 is 9.84 Å². The monoisotopic (exact) mass is 420 g/mol. The molecule has 156 valence electrons. The van der Waals surface area contributed by atoms with Crippen molar-refractivity contribution in [3.8, 4) is 11.5 Å². The van der Waals surface area contributed by atoms with Gasteiger partial charge in [-0.1, -0.05) is 6.07 Å². The maximum absolute atomic E-state index is 12.7. The van der Waals surface area contributed by atoms with Crippen LogP contribution in [0.3, 0.4) is 0 Å². The third kappa shape index (κ3) is 4.73. The normalized spacial score (nSPS) is 20.7. The fourth-order valence-corrected chi connectivity index (χ4v) is 5.48. The molecular formula is C20H24N2O6S. The molecule has 1 amide bonds. The van der Waals surface area contributed by atoms with Gasteiger partial charge in [0.05, 0.1) is 36.9 Å². The molecule has 1 fully saturated rings. The Labute approximate surface area is 169 Å². The molecule has 2 aliphatic heterocycles. The molecule has 2 aliphatic rings. The van der Waals surface area contributed by atoms with Crippen molar-refractivity contribution in [1.29, 1.82) is 0 Å². The standard InChI is InChI=1S/C20H24N2O6S/c1-14(15-4-5-18-19(9-15)28-13-27-18)21-20(23)11-22(10-17-3-2-7-26-17)16-6-8-29(24,25)12-16/h2-5,7,9,14,16H,6,8,10-13H2,1H3,(H,21,23)/t14-,16+/m1/s1. The van der Waals surface area contributed by atoms with Crippen molar-refractivity contribution < 1.29 is 27.1 Å². The van der Waals surface area contributed by atoms with E-state index in [-0.39, 0.29) is 42.8 Å². The van der Waals surface area contributed by atoms with Crippen LogP contribution >= 0.6 is 0 Å². The van der Waals surface area contributed by atoms with Crippen molar-refractivity contribution in [2.45, 2.75) is 32.0 Å². The van der Waals surface area contributed by atoms with Gasteiger partial charge in [0, 0.05) is 6.04 Å². The molecule has 9 heteroatoms. The quantitative estimate of drug-likeness (QED) is 0.730. The molecule has 0 saturated carbocycles. The van der Waals surface area contributed by atoms with Crippen molar-refractivity contribution in [3.63, 3.8) is 0 Å². The highest BCUT2D eigenvalue weighted by atomic mass is 32.2. The highest BCUT2D eigenvalue weighted by Gasteiger charge is 2.33. The third-order valence-corrected chi connectivity index (χ3v) is 7.03. The van der Waals surface area contributed by atoms with Crippen molar-refractivity contribution in [1.82, 2.24) is 10.2 Å². The van der Waals surface area contributed by atoms with E-state index in [0.29, 0.717) is 30.2 Å². The van der Waals surface area contributed by atoms with Crippen LogP contribution in [0.1, 0.15) is 30.7 Å². The first-order valence-corrected chi connectivity index (χ1v) is 11.4. The molecular weight excluding hydrogens is 396 g/mol. The summed E-state index contributed by atoms with van der Waals surface area (Å²) in [6.07, 6.45) is 2.09. The Bertz CT molecular complexity index is 973. The first kappa shape index (κ1) is 19.8. The molecule has 29 heavy (non-hydrogen) atoms. The molecule has 1 aromatic heterocycles. The van der Waals surface area contributed by atoms with E-state index in [1.807, 2.05) is 36.1 Å². The number of carbonyl (C=O) groups is 1. The van der Waals surface area contributed by atoms with Crippen molar-refractivity contribution >= 4 is 15.7 Å². The van der Waals surface area contributed by atoms with Gasteiger partial charge in [-0.15, -0.1) is 0 Å². The highest BCUT2D eigenvalue weighted by molar-refractivity contribution is 7.91. The van der Waals surface area contributed by atoms with E-state index in [2.05, 4.69) is 5.32 Å². The van der Waals surface area contributed by atoms with Gasteiger partial charge < -0.3 is 19.2 Å². The van der Waals surface area contributed by atoms with Gasteiger partial charge in [-0.3, -0.25) is 9.69 Å². The summed E-state index contributed by atoms with van der Waals surface area (Å²) in [5, 5.41) is 2.98. The Morgan fingerprint density at radius 3 is 2.83 bits per heavy atom. The summed E-state index contributed by atoms with van der Waals surface area (Å²) in [4.78, 5) is 14.6. The van der Waals surface area contributed by atoms with Crippen LogP contribution in [-0.2, 0) is 21.2 Å². The number of fused-ring (bicyclic) bond motifs is 1. The number of amides is 1. The second kappa shape index (κ2) is 8.08. The van der Waals surface area contributed by atoms with E-state index in [1.165, 1.54) is 0 Å². The minimum Gasteiger partial charge on any atom is -0.468 e. The van der Waals surface area contributed by atoms with Gasteiger partial charge in [0.25, 0.3) is 0 Å². The molecule has 8 nitrogen and oxygen atoms in total. The molecule has 3 heterocycles. The third-order valence-electron chi connectivity index (χ3n) is 5.28. The number of furan rings is 1. The first-order chi connectivity index (χ1) is 13.9. The molecule has 2 aromatic rings. The summed E-state index contributed by atoms with van der Waals surface area (Å²) in [6, 6.07) is 8.75. The number of ether oxygens (including phenoxy) is 2. The zero-order valence-electron chi connectivity index (χ0n) is 16.2. The summed E-state index contributed by atoms with van der Waals surface area (Å²) in [5.74, 6) is 2.11. The fraction of sp³-hybridized carbons (Fsp3) is 0.450. The SMILES string of the molecule is C[C@@H](NC(=O)CN(Cc1ccco1)[C@H]1CCS(=O)(=O)C1)c1ccc2c(c1)OCO2. The molecule has 4 rings (SSSR count). The van der Waals surface area contributed by atoms with Crippen LogP contribution in [0.25, 0.3) is 0 Å². The molecule has 0 radical (unpaired) electrons. The van der Waals surface area contributed by atoms with Crippen molar-refractivity contribution in [2.24, 2.45) is 0 Å². The highest BCUT2D eigenvalue weighted by Crippen LogP contribution is 2.34. The zero-order chi connectivity index (χ0) is 20.4. The number of carbonyl (C=O) groups excluding carboxylic acids is 1. The van der Waals surface area contributed by atoms with Gasteiger partial charge in [-0.25, -0.2) is 8.42 Å². The van der Waals surface area contributed by atoms with Gasteiger partial charge in [0.15, 0.2) is 21.3 Å². The zero-order valence-corrected chi connectivity index (χ0v) is 17.0. The summed E-state index contributed by atoms with van der Waals surface area (Å²) in [5.41, 5.74) is 0.906. The van der Waals surface area contributed by atoms with Crippen LogP contribution in [0.15, 0.2) is 41.0 Å². The second-order valence-corrected chi connectivity index (χ2v) is 9.67. The van der Waals surface area contributed by atoms with E-state index in [0.717, 1.165) is 5.56 Å². The van der Waals surface area contributed by atoms with Crippen molar-refractivity contribution in [3.05, 3.63) is 47.9 Å². The molecule has 1 saturated heterocycles. The Hall–Kier alpha value is -2.52. The van der Waals surface area contributed by atoms with Crippen LogP contribution in [0.5, 0.6) is 11.5 Å². The van der Waals surface area contributed by atoms with Gasteiger partial charge in [0.2, 0.25) is 12.7 Å². The summed E-state index contributed by atoms with van der Waals surface area (Å²) in [6.45, 7) is 2.58. The van der Waals surface area contributed by atoms with E-state index in [4.69, 9.17) is 13.9 Å². The number of rotatable bonds is 7. The van der Waals surface area contributed by atoms with Gasteiger partial charge in [-0.2, -0.15) is 0 Å². The lowest BCUT2D eigenvalue weighted by molar-refractivity contribution is -0.123.